The van der Waals surface area contributed by atoms with Gasteiger partial charge in [-0.05, 0) is 68.7 Å². The van der Waals surface area contributed by atoms with Gasteiger partial charge in [-0.25, -0.2) is 0 Å². The van der Waals surface area contributed by atoms with Gasteiger partial charge in [0.2, 0.25) is 11.8 Å². The molecule has 2 amide bonds. The van der Waals surface area contributed by atoms with Crippen LogP contribution in [0.4, 0.5) is 11.4 Å². The zero-order valence-corrected chi connectivity index (χ0v) is 17.3. The van der Waals surface area contributed by atoms with Crippen molar-refractivity contribution in [3.63, 3.8) is 0 Å². The molecule has 0 aromatic heterocycles. The van der Waals surface area contributed by atoms with E-state index in [4.69, 9.17) is 0 Å². The third kappa shape index (κ3) is 7.10. The number of rotatable bonds is 8. The molecular weight excluding hydrogens is 356 g/mol. The number of amides is 2. The molecule has 0 unspecified atom stereocenters. The second-order valence-electron chi connectivity index (χ2n) is 6.90. The molecule has 0 aliphatic heterocycles. The Balaban J connectivity index is 1.66. The van der Waals surface area contributed by atoms with Crippen LogP contribution in [0, 0.1) is 27.7 Å². The van der Waals surface area contributed by atoms with Crippen LogP contribution in [0.3, 0.4) is 0 Å². The first-order chi connectivity index (χ1) is 12.8. The van der Waals surface area contributed by atoms with Crippen LogP contribution in [0.5, 0.6) is 0 Å². The van der Waals surface area contributed by atoms with Crippen molar-refractivity contribution in [1.29, 1.82) is 0 Å². The zero-order chi connectivity index (χ0) is 19.8. The highest BCUT2D eigenvalue weighted by Crippen LogP contribution is 2.22. The van der Waals surface area contributed by atoms with E-state index in [1.807, 2.05) is 45.0 Å². The Morgan fingerprint density at radius 2 is 1.59 bits per heavy atom. The molecule has 0 bridgehead atoms. The molecule has 27 heavy (non-hydrogen) atoms. The second-order valence-corrected chi connectivity index (χ2v) is 8.00. The van der Waals surface area contributed by atoms with Crippen molar-refractivity contribution >= 4 is 35.0 Å². The SMILES string of the molecule is Cc1cccc(NC(=O)CCCSCC(=O)Nc2c(C)cc(C)cc2C)c1. The molecule has 5 heteroatoms. The first-order valence-corrected chi connectivity index (χ1v) is 10.3. The van der Waals surface area contributed by atoms with E-state index in [1.54, 1.807) is 11.8 Å². The fourth-order valence-electron chi connectivity index (χ4n) is 3.00. The number of thioether (sulfide) groups is 1. The lowest BCUT2D eigenvalue weighted by Crippen LogP contribution is -2.16. The monoisotopic (exact) mass is 384 g/mol. The highest BCUT2D eigenvalue weighted by atomic mass is 32.2. The van der Waals surface area contributed by atoms with Gasteiger partial charge in [0.05, 0.1) is 5.75 Å². The molecule has 0 fully saturated rings. The molecule has 144 valence electrons. The molecule has 2 rings (SSSR count). The van der Waals surface area contributed by atoms with Crippen LogP contribution in [-0.4, -0.2) is 23.3 Å². The standard InChI is InChI=1S/C22H28N2O2S/c1-15-7-5-8-19(13-15)23-20(25)9-6-10-27-14-21(26)24-22-17(3)11-16(2)12-18(22)4/h5,7-8,11-13H,6,9-10,14H2,1-4H3,(H,23,25)(H,24,26). The average Bonchev–Trinajstić information content (AvgIpc) is 2.57. The molecular formula is C22H28N2O2S. The summed E-state index contributed by atoms with van der Waals surface area (Å²) < 4.78 is 0. The van der Waals surface area contributed by atoms with Crippen molar-refractivity contribution in [3.05, 3.63) is 58.7 Å². The van der Waals surface area contributed by atoms with Gasteiger partial charge < -0.3 is 10.6 Å². The molecule has 2 aromatic carbocycles. The number of hydrogen-bond acceptors (Lipinski definition) is 3. The van der Waals surface area contributed by atoms with Crippen LogP contribution in [0.15, 0.2) is 36.4 Å². The normalized spacial score (nSPS) is 10.5. The summed E-state index contributed by atoms with van der Waals surface area (Å²) in [7, 11) is 0. The fraction of sp³-hybridized carbons (Fsp3) is 0.364. The van der Waals surface area contributed by atoms with Gasteiger partial charge in [0.15, 0.2) is 0 Å². The predicted octanol–water partition coefficient (Wildman–Crippen LogP) is 5.01. The Labute approximate surface area is 166 Å². The molecule has 0 radical (unpaired) electrons. The highest BCUT2D eigenvalue weighted by molar-refractivity contribution is 7.99. The molecule has 2 N–H and O–H groups in total. The highest BCUT2D eigenvalue weighted by Gasteiger charge is 2.09. The maximum Gasteiger partial charge on any atom is 0.234 e. The summed E-state index contributed by atoms with van der Waals surface area (Å²) in [6.45, 7) is 8.07. The van der Waals surface area contributed by atoms with Crippen LogP contribution in [0.2, 0.25) is 0 Å². The van der Waals surface area contributed by atoms with Crippen molar-refractivity contribution in [3.8, 4) is 0 Å². The van der Waals surface area contributed by atoms with Gasteiger partial charge in [-0.3, -0.25) is 9.59 Å². The number of aryl methyl sites for hydroxylation is 4. The van der Waals surface area contributed by atoms with E-state index >= 15 is 0 Å². The molecule has 0 atom stereocenters. The summed E-state index contributed by atoms with van der Waals surface area (Å²) in [6.07, 6.45) is 1.21. The molecule has 4 nitrogen and oxygen atoms in total. The van der Waals surface area contributed by atoms with E-state index in [-0.39, 0.29) is 11.8 Å². The summed E-state index contributed by atoms with van der Waals surface area (Å²) in [5.74, 6) is 1.18. The van der Waals surface area contributed by atoms with Crippen LogP contribution in [-0.2, 0) is 9.59 Å². The number of hydrogen-bond donors (Lipinski definition) is 2. The summed E-state index contributed by atoms with van der Waals surface area (Å²) in [5.41, 5.74) is 6.21. The largest absolute Gasteiger partial charge is 0.326 e. The van der Waals surface area contributed by atoms with Crippen LogP contribution < -0.4 is 10.6 Å². The van der Waals surface area contributed by atoms with Gasteiger partial charge >= 0.3 is 0 Å². The Hall–Kier alpha value is -2.27. The number of carbonyl (C=O) groups excluding carboxylic acids is 2. The molecule has 0 saturated carbocycles. The Morgan fingerprint density at radius 1 is 0.889 bits per heavy atom. The van der Waals surface area contributed by atoms with Gasteiger partial charge in [-0.1, -0.05) is 29.8 Å². The van der Waals surface area contributed by atoms with Crippen LogP contribution in [0.25, 0.3) is 0 Å². The second kappa shape index (κ2) is 10.2. The van der Waals surface area contributed by atoms with Gasteiger partial charge in [0.25, 0.3) is 0 Å². The lowest BCUT2D eigenvalue weighted by Gasteiger charge is -2.12. The Kier molecular flexibility index (Phi) is 7.92. The van der Waals surface area contributed by atoms with Crippen LogP contribution >= 0.6 is 11.8 Å². The maximum absolute atomic E-state index is 12.2. The fourth-order valence-corrected chi connectivity index (χ4v) is 3.75. The minimum atomic E-state index is -0.000680. The van der Waals surface area contributed by atoms with Crippen LogP contribution in [0.1, 0.15) is 35.1 Å². The van der Waals surface area contributed by atoms with E-state index in [1.165, 1.54) is 5.56 Å². The van der Waals surface area contributed by atoms with Gasteiger partial charge in [-0.2, -0.15) is 11.8 Å². The van der Waals surface area contributed by atoms with E-state index in [9.17, 15) is 9.59 Å². The predicted molar refractivity (Wildman–Crippen MR) is 116 cm³/mol. The summed E-state index contributed by atoms with van der Waals surface area (Å²) in [6, 6.07) is 11.9. The molecule has 0 spiro atoms. The van der Waals surface area contributed by atoms with E-state index in [0.29, 0.717) is 12.2 Å². The average molecular weight is 385 g/mol. The third-order valence-corrected chi connectivity index (χ3v) is 5.21. The van der Waals surface area contributed by atoms with Crippen molar-refractivity contribution in [2.24, 2.45) is 0 Å². The van der Waals surface area contributed by atoms with E-state index < -0.39 is 0 Å². The minimum absolute atomic E-state index is 0.000680. The first kappa shape index (κ1) is 21.0. The first-order valence-electron chi connectivity index (χ1n) is 9.17. The quantitative estimate of drug-likeness (QED) is 0.629. The Bertz CT molecular complexity index is 795. The zero-order valence-electron chi connectivity index (χ0n) is 16.5. The lowest BCUT2D eigenvalue weighted by atomic mass is 10.1. The van der Waals surface area contributed by atoms with Crippen molar-refractivity contribution in [1.82, 2.24) is 0 Å². The molecule has 0 saturated heterocycles. The smallest absolute Gasteiger partial charge is 0.234 e. The minimum Gasteiger partial charge on any atom is -0.326 e. The molecule has 2 aromatic rings. The molecule has 0 heterocycles. The van der Waals surface area contributed by atoms with Gasteiger partial charge in [0, 0.05) is 17.8 Å². The lowest BCUT2D eigenvalue weighted by molar-refractivity contribution is -0.116. The summed E-state index contributed by atoms with van der Waals surface area (Å²) in [4.78, 5) is 24.1. The molecule has 0 aliphatic rings. The van der Waals surface area contributed by atoms with Gasteiger partial charge in [0.1, 0.15) is 0 Å². The summed E-state index contributed by atoms with van der Waals surface area (Å²) >= 11 is 1.55. The topological polar surface area (TPSA) is 58.2 Å². The van der Waals surface area contributed by atoms with Gasteiger partial charge in [-0.15, -0.1) is 0 Å². The number of nitrogens with one attached hydrogen (secondary N) is 2. The van der Waals surface area contributed by atoms with E-state index in [2.05, 4.69) is 29.7 Å². The number of carbonyl (C=O) groups is 2. The maximum atomic E-state index is 12.2. The number of anilines is 2. The van der Waals surface area contributed by atoms with Crippen molar-refractivity contribution in [2.45, 2.75) is 40.5 Å². The van der Waals surface area contributed by atoms with Crippen molar-refractivity contribution in [2.75, 3.05) is 22.1 Å². The third-order valence-electron chi connectivity index (χ3n) is 4.17. The van der Waals surface area contributed by atoms with Crippen molar-refractivity contribution < 1.29 is 9.59 Å². The summed E-state index contributed by atoms with van der Waals surface area (Å²) in [5, 5.41) is 5.91. The number of benzene rings is 2. The Morgan fingerprint density at radius 3 is 2.26 bits per heavy atom. The van der Waals surface area contributed by atoms with E-state index in [0.717, 1.165) is 40.2 Å². The molecule has 0 aliphatic carbocycles.